The van der Waals surface area contributed by atoms with Gasteiger partial charge in [-0.2, -0.15) is 18.2 Å². The third-order valence-corrected chi connectivity index (χ3v) is 5.11. The molecule has 2 aliphatic carbocycles. The first-order valence-electron chi connectivity index (χ1n) is 9.95. The molecule has 164 valence electrons. The maximum absolute atomic E-state index is 12.0. The maximum atomic E-state index is 12.0. The molecule has 3 heterocycles. The summed E-state index contributed by atoms with van der Waals surface area (Å²) < 4.78 is 42.5. The van der Waals surface area contributed by atoms with Crippen LogP contribution in [0.2, 0.25) is 0 Å². The van der Waals surface area contributed by atoms with Gasteiger partial charge in [0, 0.05) is 36.8 Å². The van der Waals surface area contributed by atoms with Crippen molar-refractivity contribution in [2.24, 2.45) is 12.8 Å². The van der Waals surface area contributed by atoms with E-state index in [9.17, 15) is 18.0 Å². The second-order valence-electron chi connectivity index (χ2n) is 7.58. The first-order chi connectivity index (χ1) is 14.7. The van der Waals surface area contributed by atoms with Gasteiger partial charge in [0.25, 0.3) is 11.7 Å². The molecular formula is C20H21F3N6O2. The number of carbonyl (C=O) groups is 1. The minimum absolute atomic E-state index is 0.521. The molecule has 8 nitrogen and oxygen atoms in total. The monoisotopic (exact) mass is 434 g/mol. The van der Waals surface area contributed by atoms with Crippen molar-refractivity contribution in [3.63, 3.8) is 0 Å². The number of nitrogens with two attached hydrogens (primary N) is 1. The zero-order valence-corrected chi connectivity index (χ0v) is 16.8. The Kier molecular flexibility index (Phi) is 5.50. The van der Waals surface area contributed by atoms with Gasteiger partial charge in [0.15, 0.2) is 0 Å². The molecule has 2 aliphatic rings. The lowest BCUT2D eigenvalue weighted by Gasteiger charge is -2.05. The van der Waals surface area contributed by atoms with Crippen LogP contribution in [0, 0.1) is 0 Å². The van der Waals surface area contributed by atoms with Gasteiger partial charge in [-0.3, -0.25) is 9.78 Å². The second-order valence-corrected chi connectivity index (χ2v) is 7.58. The van der Waals surface area contributed by atoms with E-state index >= 15 is 0 Å². The highest BCUT2D eigenvalue weighted by atomic mass is 19.4. The molecular weight excluding hydrogens is 413 g/mol. The Morgan fingerprint density at radius 3 is 2.55 bits per heavy atom. The molecule has 0 unspecified atom stereocenters. The van der Waals surface area contributed by atoms with Crippen LogP contribution in [0.3, 0.4) is 0 Å². The van der Waals surface area contributed by atoms with Gasteiger partial charge in [0.1, 0.15) is 5.76 Å². The minimum atomic E-state index is -4.66. The number of carbonyl (C=O) groups excluding carboxylic acids is 1. The Balaban J connectivity index is 0.000000159. The number of oxazole rings is 1. The summed E-state index contributed by atoms with van der Waals surface area (Å²) in [7, 11) is 1.16. The Morgan fingerprint density at radius 1 is 1.23 bits per heavy atom. The summed E-state index contributed by atoms with van der Waals surface area (Å²) in [6, 6.07) is 4.15. The number of nitrogens with zero attached hydrogens (tertiary/aromatic N) is 5. The molecule has 0 radical (unpaired) electrons. The van der Waals surface area contributed by atoms with E-state index in [-0.39, 0.29) is 0 Å². The summed E-state index contributed by atoms with van der Waals surface area (Å²) in [5.74, 6) is -0.386. The van der Waals surface area contributed by atoms with Gasteiger partial charge in [0.2, 0.25) is 11.7 Å². The van der Waals surface area contributed by atoms with Gasteiger partial charge < -0.3 is 10.2 Å². The summed E-state index contributed by atoms with van der Waals surface area (Å²) in [4.78, 5) is 22.5. The topological polar surface area (TPSA) is 113 Å². The average molecular weight is 434 g/mol. The van der Waals surface area contributed by atoms with E-state index < -0.39 is 23.7 Å². The van der Waals surface area contributed by atoms with Crippen molar-refractivity contribution in [3.8, 4) is 11.5 Å². The number of rotatable bonds is 3. The highest BCUT2D eigenvalue weighted by Crippen LogP contribution is 2.40. The molecule has 3 aromatic rings. The van der Waals surface area contributed by atoms with Gasteiger partial charge in [-0.1, -0.05) is 0 Å². The number of aryl methyl sites for hydroxylation is 3. The average Bonchev–Trinajstić information content (AvgIpc) is 3.35. The molecule has 1 fully saturated rings. The van der Waals surface area contributed by atoms with Crippen molar-refractivity contribution in [3.05, 3.63) is 47.1 Å². The molecule has 11 heteroatoms. The van der Waals surface area contributed by atoms with E-state index in [0.29, 0.717) is 10.6 Å². The van der Waals surface area contributed by atoms with Crippen molar-refractivity contribution in [1.82, 2.24) is 24.7 Å². The van der Waals surface area contributed by atoms with E-state index in [1.165, 1.54) is 37.1 Å². The summed E-state index contributed by atoms with van der Waals surface area (Å²) in [6.45, 7) is 0. The highest BCUT2D eigenvalue weighted by Gasteiger charge is 2.37. The van der Waals surface area contributed by atoms with E-state index in [4.69, 9.17) is 10.2 Å². The van der Waals surface area contributed by atoms with Crippen molar-refractivity contribution < 1.29 is 22.4 Å². The van der Waals surface area contributed by atoms with E-state index in [2.05, 4.69) is 26.1 Å². The third kappa shape index (κ3) is 4.75. The van der Waals surface area contributed by atoms with Crippen LogP contribution in [0.5, 0.6) is 0 Å². The van der Waals surface area contributed by atoms with Crippen molar-refractivity contribution in [2.45, 2.75) is 50.6 Å². The molecule has 0 aliphatic heterocycles. The zero-order chi connectivity index (χ0) is 22.2. The number of alkyl halides is 3. The number of fused-ring (bicyclic) bond motifs is 1. The van der Waals surface area contributed by atoms with E-state index in [0.717, 1.165) is 37.1 Å². The van der Waals surface area contributed by atoms with Crippen LogP contribution in [0.4, 0.5) is 13.2 Å². The molecule has 31 heavy (non-hydrogen) atoms. The van der Waals surface area contributed by atoms with Gasteiger partial charge in [-0.25, -0.2) is 9.67 Å². The van der Waals surface area contributed by atoms with Crippen LogP contribution >= 0.6 is 0 Å². The normalized spacial score (nSPS) is 15.7. The SMILES string of the molecule is Cn1nc(C(F)(F)F)nc1C(N)=O.c1cc(-c2nc3c(o2)CCCC3)cc(C2CC2)n1. The van der Waals surface area contributed by atoms with Gasteiger partial charge in [0.05, 0.1) is 5.69 Å². The zero-order valence-electron chi connectivity index (χ0n) is 16.8. The molecule has 0 bridgehead atoms. The Morgan fingerprint density at radius 2 is 1.97 bits per heavy atom. The fourth-order valence-corrected chi connectivity index (χ4v) is 3.38. The first kappa shape index (κ1) is 21.0. The molecule has 0 aromatic carbocycles. The van der Waals surface area contributed by atoms with Gasteiger partial charge in [-0.05, 0) is 44.2 Å². The number of aromatic nitrogens is 5. The van der Waals surface area contributed by atoms with E-state index in [1.54, 1.807) is 0 Å². The third-order valence-electron chi connectivity index (χ3n) is 5.11. The highest BCUT2D eigenvalue weighted by molar-refractivity contribution is 5.88. The molecule has 1 amide bonds. The number of amides is 1. The van der Waals surface area contributed by atoms with Gasteiger partial charge >= 0.3 is 6.18 Å². The molecule has 2 N–H and O–H groups in total. The second kappa shape index (κ2) is 8.12. The quantitative estimate of drug-likeness (QED) is 0.676. The number of hydrogen-bond donors (Lipinski definition) is 1. The van der Waals surface area contributed by atoms with Crippen LogP contribution < -0.4 is 5.73 Å². The maximum Gasteiger partial charge on any atom is 0.453 e. The fraction of sp³-hybridized carbons (Fsp3) is 0.450. The fourth-order valence-electron chi connectivity index (χ4n) is 3.38. The standard InChI is InChI=1S/C15H16N2O.C5H5F3N4O/c1-2-4-14-12(3-1)17-15(18-14)11-7-8-16-13(9-11)10-5-6-10;1-12-3(2(9)13)10-4(11-12)5(6,7)8/h7-10H,1-6H2;1H3,(H2,9,13). The molecule has 3 aromatic heterocycles. The minimum Gasteiger partial charge on any atom is -0.441 e. The Labute approximate surface area is 175 Å². The number of halogens is 3. The lowest BCUT2D eigenvalue weighted by molar-refractivity contribution is -0.144. The molecule has 1 saturated carbocycles. The summed E-state index contributed by atoms with van der Waals surface area (Å²) >= 11 is 0. The van der Waals surface area contributed by atoms with Crippen LogP contribution in [-0.4, -0.2) is 30.6 Å². The number of primary amides is 1. The molecule has 0 atom stereocenters. The summed E-state index contributed by atoms with van der Waals surface area (Å²) in [5, 5.41) is 2.98. The number of pyridine rings is 1. The van der Waals surface area contributed by atoms with E-state index in [1.807, 2.05) is 12.3 Å². The largest absolute Gasteiger partial charge is 0.453 e. The van der Waals surface area contributed by atoms with Crippen LogP contribution in [0.25, 0.3) is 11.5 Å². The van der Waals surface area contributed by atoms with Crippen LogP contribution in [0.1, 0.15) is 65.2 Å². The predicted octanol–water partition coefficient (Wildman–Crippen LogP) is 3.43. The lowest BCUT2D eigenvalue weighted by atomic mass is 10.0. The van der Waals surface area contributed by atoms with Crippen molar-refractivity contribution >= 4 is 5.91 Å². The van der Waals surface area contributed by atoms with Crippen LogP contribution in [-0.2, 0) is 26.1 Å². The smallest absolute Gasteiger partial charge is 0.441 e. The predicted molar refractivity (Wildman–Crippen MR) is 103 cm³/mol. The Bertz CT molecular complexity index is 1080. The summed E-state index contributed by atoms with van der Waals surface area (Å²) in [5.41, 5.74) is 8.19. The number of hydrogen-bond acceptors (Lipinski definition) is 6. The summed E-state index contributed by atoms with van der Waals surface area (Å²) in [6.07, 6.45) is 4.35. The van der Waals surface area contributed by atoms with Crippen LogP contribution in [0.15, 0.2) is 22.7 Å². The van der Waals surface area contributed by atoms with Crippen molar-refractivity contribution in [2.75, 3.05) is 0 Å². The molecule has 0 saturated heterocycles. The molecule has 5 rings (SSSR count). The van der Waals surface area contributed by atoms with Gasteiger partial charge in [-0.15, -0.1) is 5.10 Å². The lowest BCUT2D eigenvalue weighted by Crippen LogP contribution is -2.17. The molecule has 0 spiro atoms. The Hall–Kier alpha value is -3.24. The van der Waals surface area contributed by atoms with Crippen molar-refractivity contribution in [1.29, 1.82) is 0 Å². The first-order valence-corrected chi connectivity index (χ1v) is 9.95.